The summed E-state index contributed by atoms with van der Waals surface area (Å²) >= 11 is 0. The lowest BCUT2D eigenvalue weighted by Gasteiger charge is -2.38. The number of aldehydes is 1. The Morgan fingerprint density at radius 2 is 1.77 bits per heavy atom. The maximum atomic E-state index is 13.4. The number of nitrogens with zero attached hydrogens (tertiary/aromatic N) is 1. The normalized spacial score (nSPS) is 22.6. The molecule has 1 saturated carbocycles. The minimum Gasteiger partial charge on any atom is -0.494 e. The molecule has 0 aliphatic heterocycles. The van der Waals surface area contributed by atoms with E-state index in [9.17, 15) is 36.6 Å². The number of alkyl halides is 5. The van der Waals surface area contributed by atoms with Gasteiger partial charge in [0.25, 0.3) is 6.43 Å². The highest BCUT2D eigenvalue weighted by Gasteiger charge is 2.59. The van der Waals surface area contributed by atoms with Gasteiger partial charge in [-0.05, 0) is 23.3 Å². The van der Waals surface area contributed by atoms with Gasteiger partial charge in [-0.15, -0.1) is 0 Å². The molecule has 1 heterocycles. The van der Waals surface area contributed by atoms with Crippen LogP contribution in [0.5, 0.6) is 11.5 Å². The maximum absolute atomic E-state index is 13.4. The molecular weight excluding hydrogens is 539 g/mol. The number of carbonyl (C=O) groups is 2. The molecule has 1 aliphatic carbocycles. The van der Waals surface area contributed by atoms with Crippen LogP contribution in [0.3, 0.4) is 0 Å². The Kier molecular flexibility index (Phi) is 8.38. The van der Waals surface area contributed by atoms with Gasteiger partial charge in [-0.3, -0.25) is 14.6 Å². The van der Waals surface area contributed by atoms with E-state index in [1.807, 2.05) is 0 Å². The fourth-order valence-corrected chi connectivity index (χ4v) is 5.23. The number of halogens is 5. The van der Waals surface area contributed by atoms with Crippen molar-refractivity contribution in [2.75, 3.05) is 13.7 Å². The first-order chi connectivity index (χ1) is 19.0. The van der Waals surface area contributed by atoms with E-state index in [4.69, 9.17) is 9.47 Å². The number of aliphatic hydroxyl groups is 1. The van der Waals surface area contributed by atoms with Crippen LogP contribution in [0.2, 0.25) is 0 Å². The van der Waals surface area contributed by atoms with Gasteiger partial charge in [0.05, 0.1) is 43.6 Å². The molecule has 40 heavy (non-hydrogen) atoms. The Morgan fingerprint density at radius 3 is 2.35 bits per heavy atom. The molecule has 0 unspecified atom stereocenters. The van der Waals surface area contributed by atoms with Gasteiger partial charge in [-0.25, -0.2) is 8.78 Å². The highest BCUT2D eigenvalue weighted by atomic mass is 19.4. The summed E-state index contributed by atoms with van der Waals surface area (Å²) in [4.78, 5) is 29.3. The number of hydrogen-bond acceptors (Lipinski definition) is 6. The van der Waals surface area contributed by atoms with E-state index in [0.717, 1.165) is 12.1 Å². The van der Waals surface area contributed by atoms with Crippen LogP contribution in [0.4, 0.5) is 22.0 Å². The van der Waals surface area contributed by atoms with Crippen LogP contribution < -0.4 is 14.8 Å². The average molecular weight is 565 g/mol. The summed E-state index contributed by atoms with van der Waals surface area (Å²) in [5, 5.41) is 13.4. The second-order valence-electron chi connectivity index (χ2n) is 9.26. The number of pyridine rings is 1. The van der Waals surface area contributed by atoms with Gasteiger partial charge in [0.15, 0.2) is 17.8 Å². The minimum atomic E-state index is -4.64. The predicted molar refractivity (Wildman–Crippen MR) is 132 cm³/mol. The molecule has 0 saturated heterocycles. The Labute approximate surface area is 225 Å². The largest absolute Gasteiger partial charge is 0.494 e. The van der Waals surface area contributed by atoms with E-state index >= 15 is 0 Å². The number of carbonyl (C=O) groups excluding carboxylic acids is 2. The van der Waals surface area contributed by atoms with Crippen LogP contribution in [0, 0.1) is 5.92 Å². The van der Waals surface area contributed by atoms with Crippen LogP contribution in [-0.2, 0) is 16.6 Å². The van der Waals surface area contributed by atoms with Crippen LogP contribution in [0.15, 0.2) is 67.0 Å². The van der Waals surface area contributed by atoms with Gasteiger partial charge in [0, 0.05) is 12.3 Å². The first-order valence-corrected chi connectivity index (χ1v) is 12.1. The number of nitrogens with one attached hydrogen (secondary N) is 1. The van der Waals surface area contributed by atoms with Gasteiger partial charge in [0.2, 0.25) is 5.91 Å². The third-order valence-corrected chi connectivity index (χ3v) is 6.93. The topological polar surface area (TPSA) is 97.8 Å². The number of rotatable bonds is 9. The average Bonchev–Trinajstić information content (AvgIpc) is 3.24. The van der Waals surface area contributed by atoms with Gasteiger partial charge >= 0.3 is 6.18 Å². The van der Waals surface area contributed by atoms with Crippen molar-refractivity contribution >= 4 is 12.2 Å². The Morgan fingerprint density at radius 1 is 1.12 bits per heavy atom. The zero-order valence-corrected chi connectivity index (χ0v) is 21.1. The summed E-state index contributed by atoms with van der Waals surface area (Å²) in [5.74, 6) is -3.39. The van der Waals surface area contributed by atoms with Gasteiger partial charge in [-0.1, -0.05) is 42.5 Å². The van der Waals surface area contributed by atoms with Gasteiger partial charge in [-0.2, -0.15) is 13.2 Å². The molecule has 3 aromatic rings. The van der Waals surface area contributed by atoms with Gasteiger partial charge in [0.1, 0.15) is 11.2 Å². The second-order valence-corrected chi connectivity index (χ2v) is 9.26. The van der Waals surface area contributed by atoms with E-state index in [0.29, 0.717) is 11.8 Å². The quantitative estimate of drug-likeness (QED) is 0.288. The summed E-state index contributed by atoms with van der Waals surface area (Å²) in [6, 6.07) is 12.2. The van der Waals surface area contributed by atoms with Crippen molar-refractivity contribution < 1.29 is 46.1 Å². The Balaban J connectivity index is 1.95. The third kappa shape index (κ3) is 5.62. The zero-order chi connectivity index (χ0) is 29.1. The smallest absolute Gasteiger partial charge is 0.416 e. The lowest BCUT2D eigenvalue weighted by molar-refractivity contribution is -0.137. The molecule has 0 radical (unpaired) electrons. The molecule has 7 nitrogen and oxygen atoms in total. The van der Waals surface area contributed by atoms with E-state index in [2.05, 4.69) is 10.3 Å². The number of amides is 1. The number of methoxy groups -OCH3 is 1. The van der Waals surface area contributed by atoms with Crippen LogP contribution in [-0.4, -0.2) is 48.5 Å². The highest BCUT2D eigenvalue weighted by molar-refractivity contribution is 5.83. The van der Waals surface area contributed by atoms with E-state index < -0.39 is 54.2 Å². The monoisotopic (exact) mass is 564 g/mol. The van der Waals surface area contributed by atoms with Crippen molar-refractivity contribution in [2.24, 2.45) is 5.92 Å². The molecule has 1 aliphatic rings. The Hall–Kier alpha value is -4.06. The van der Waals surface area contributed by atoms with Crippen molar-refractivity contribution in [1.82, 2.24) is 10.3 Å². The van der Waals surface area contributed by atoms with Crippen molar-refractivity contribution in [2.45, 2.75) is 36.6 Å². The molecule has 4 rings (SSSR count). The van der Waals surface area contributed by atoms with E-state index in [1.54, 1.807) is 30.3 Å². The SMILES string of the molecule is COc1cncc(O[C@]2(c3ccc(C(F)(F)F)cc3)C[C@H](O)[C@H](C(=O)NCC(F)F)[C@H]2c2ccccc2)c1C=O. The number of ether oxygens (including phenoxy) is 2. The zero-order valence-electron chi connectivity index (χ0n) is 21.1. The molecular formula is C28H25F5N2O5. The predicted octanol–water partition coefficient (Wildman–Crippen LogP) is 4.74. The summed E-state index contributed by atoms with van der Waals surface area (Å²) in [6.45, 7) is -0.965. The van der Waals surface area contributed by atoms with Crippen molar-refractivity contribution in [3.8, 4) is 11.5 Å². The van der Waals surface area contributed by atoms with Crippen molar-refractivity contribution in [1.29, 1.82) is 0 Å². The fourth-order valence-electron chi connectivity index (χ4n) is 5.23. The number of benzene rings is 2. The number of aromatic nitrogens is 1. The lowest BCUT2D eigenvalue weighted by Crippen LogP contribution is -2.43. The number of hydrogen-bond donors (Lipinski definition) is 2. The second kappa shape index (κ2) is 11.6. The van der Waals surface area contributed by atoms with Crippen molar-refractivity contribution in [3.05, 3.63) is 89.2 Å². The molecule has 1 aromatic heterocycles. The van der Waals surface area contributed by atoms with Crippen LogP contribution in [0.1, 0.15) is 39.4 Å². The molecule has 4 atom stereocenters. The van der Waals surface area contributed by atoms with Crippen LogP contribution >= 0.6 is 0 Å². The highest BCUT2D eigenvalue weighted by Crippen LogP contribution is 2.56. The molecule has 1 fully saturated rings. The summed E-state index contributed by atoms with van der Waals surface area (Å²) in [5.41, 5.74) is -2.15. The summed E-state index contributed by atoms with van der Waals surface area (Å²) in [7, 11) is 1.30. The first kappa shape index (κ1) is 28.9. The van der Waals surface area contributed by atoms with E-state index in [-0.39, 0.29) is 29.0 Å². The fraction of sp³-hybridized carbons (Fsp3) is 0.321. The summed E-state index contributed by atoms with van der Waals surface area (Å²) < 4.78 is 77.7. The third-order valence-electron chi connectivity index (χ3n) is 6.93. The van der Waals surface area contributed by atoms with E-state index in [1.165, 1.54) is 31.6 Å². The Bertz CT molecular complexity index is 1340. The van der Waals surface area contributed by atoms with Gasteiger partial charge < -0.3 is 19.9 Å². The molecule has 0 spiro atoms. The molecule has 0 bridgehead atoms. The summed E-state index contributed by atoms with van der Waals surface area (Å²) in [6.07, 6.45) is -6.38. The molecule has 212 valence electrons. The standard InChI is InChI=1S/C28H25F5N2O5/c1-39-21-12-34-13-22(19(21)15-36)40-27(17-7-9-18(10-8-17)28(31,32)33)11-20(37)24(26(38)35-14-23(29)30)25(27)16-5-3-2-4-6-16/h2-10,12-13,15,20,23-25,37H,11,14H2,1H3,(H,35,38)/t20-,24-,25+,27-/m0/s1. The number of aliphatic hydroxyl groups excluding tert-OH is 1. The molecule has 2 aromatic carbocycles. The first-order valence-electron chi connectivity index (χ1n) is 12.1. The van der Waals surface area contributed by atoms with Crippen LogP contribution in [0.25, 0.3) is 0 Å². The minimum absolute atomic E-state index is 0.0519. The molecule has 1 amide bonds. The molecule has 12 heteroatoms. The maximum Gasteiger partial charge on any atom is 0.416 e. The lowest BCUT2D eigenvalue weighted by atomic mass is 9.75. The van der Waals surface area contributed by atoms with Crippen molar-refractivity contribution in [3.63, 3.8) is 0 Å². The molecule has 2 N–H and O–H groups in total.